The van der Waals surface area contributed by atoms with Crippen molar-refractivity contribution in [1.82, 2.24) is 14.5 Å². The van der Waals surface area contributed by atoms with E-state index in [-0.39, 0.29) is 23.9 Å². The normalized spacial score (nSPS) is 15.0. The summed E-state index contributed by atoms with van der Waals surface area (Å²) in [7, 11) is -3.91. The van der Waals surface area contributed by atoms with Gasteiger partial charge in [-0.05, 0) is 62.6 Å². The van der Waals surface area contributed by atoms with Crippen molar-refractivity contribution in [3.05, 3.63) is 63.7 Å². The van der Waals surface area contributed by atoms with E-state index >= 15 is 0 Å². The summed E-state index contributed by atoms with van der Waals surface area (Å²) in [5.41, 5.74) is 3.10. The molecule has 186 valence electrons. The second-order valence-electron chi connectivity index (χ2n) is 8.78. The summed E-state index contributed by atoms with van der Waals surface area (Å²) < 4.78 is 34.1. The molecule has 0 unspecified atom stereocenters. The van der Waals surface area contributed by atoms with Crippen molar-refractivity contribution < 1.29 is 17.9 Å². The van der Waals surface area contributed by atoms with E-state index in [1.54, 1.807) is 38.1 Å². The Labute approximate surface area is 208 Å². The van der Waals surface area contributed by atoms with E-state index in [1.807, 2.05) is 19.1 Å². The molecule has 0 saturated carbocycles. The van der Waals surface area contributed by atoms with Crippen LogP contribution in [-0.4, -0.2) is 69.5 Å². The van der Waals surface area contributed by atoms with Crippen molar-refractivity contribution in [2.45, 2.75) is 38.6 Å². The molecule has 0 atom stereocenters. The van der Waals surface area contributed by atoms with Crippen LogP contribution in [0.1, 0.15) is 28.7 Å². The van der Waals surface area contributed by atoms with Gasteiger partial charge in [-0.3, -0.25) is 9.69 Å². The van der Waals surface area contributed by atoms with Crippen LogP contribution in [0.5, 0.6) is 0 Å². The van der Waals surface area contributed by atoms with Gasteiger partial charge in [-0.1, -0.05) is 41.4 Å². The molecular formula is C25H34ClN3O4S. The number of carbonyl (C=O) groups excluding carboxylic acids is 1. The zero-order valence-electron chi connectivity index (χ0n) is 20.1. The van der Waals surface area contributed by atoms with E-state index in [0.29, 0.717) is 22.7 Å². The average Bonchev–Trinajstić information content (AvgIpc) is 2.77. The number of carbonyl (C=O) groups is 1. The third-order valence-corrected chi connectivity index (χ3v) is 8.22. The predicted octanol–water partition coefficient (Wildman–Crippen LogP) is 3.29. The number of rotatable bonds is 10. The summed E-state index contributed by atoms with van der Waals surface area (Å²) in [5.74, 6) is -0.318. The van der Waals surface area contributed by atoms with Crippen LogP contribution < -0.4 is 5.32 Å². The molecule has 1 fully saturated rings. The maximum Gasteiger partial charge on any atom is 0.244 e. The second kappa shape index (κ2) is 12.1. The van der Waals surface area contributed by atoms with Crippen molar-refractivity contribution in [1.29, 1.82) is 0 Å². The van der Waals surface area contributed by atoms with Crippen molar-refractivity contribution in [3.63, 3.8) is 0 Å². The molecule has 34 heavy (non-hydrogen) atoms. The Morgan fingerprint density at radius 3 is 2.32 bits per heavy atom. The smallest absolute Gasteiger partial charge is 0.244 e. The maximum absolute atomic E-state index is 13.7. The van der Waals surface area contributed by atoms with Crippen LogP contribution in [0, 0.1) is 20.8 Å². The van der Waals surface area contributed by atoms with Gasteiger partial charge in [-0.15, -0.1) is 0 Å². The highest BCUT2D eigenvalue weighted by Gasteiger charge is 2.30. The molecule has 1 N–H and O–H groups in total. The topological polar surface area (TPSA) is 79.0 Å². The van der Waals surface area contributed by atoms with E-state index in [9.17, 15) is 13.2 Å². The van der Waals surface area contributed by atoms with Gasteiger partial charge >= 0.3 is 0 Å². The minimum atomic E-state index is -3.91. The average molecular weight is 508 g/mol. The fourth-order valence-corrected chi connectivity index (χ4v) is 6.22. The molecular weight excluding hydrogens is 474 g/mol. The fraction of sp³-hybridized carbons (Fsp3) is 0.480. The van der Waals surface area contributed by atoms with Crippen molar-refractivity contribution in [2.24, 2.45) is 0 Å². The van der Waals surface area contributed by atoms with Crippen molar-refractivity contribution in [3.8, 4) is 0 Å². The molecule has 1 aliphatic rings. The van der Waals surface area contributed by atoms with E-state index in [1.165, 1.54) is 4.31 Å². The lowest BCUT2D eigenvalue weighted by Gasteiger charge is -2.26. The molecule has 2 aromatic rings. The van der Waals surface area contributed by atoms with E-state index in [4.69, 9.17) is 16.3 Å². The monoisotopic (exact) mass is 507 g/mol. The second-order valence-corrected chi connectivity index (χ2v) is 11.1. The van der Waals surface area contributed by atoms with Gasteiger partial charge in [0.1, 0.15) is 0 Å². The maximum atomic E-state index is 13.7. The summed E-state index contributed by atoms with van der Waals surface area (Å²) in [6.45, 7) is 9.98. The van der Waals surface area contributed by atoms with Crippen LogP contribution in [-0.2, 0) is 26.1 Å². The number of halogens is 1. The van der Waals surface area contributed by atoms with Gasteiger partial charge in [0.05, 0.1) is 24.7 Å². The standard InChI is InChI=1S/C25H34ClN3O4S/c1-19-15-20(2)25(21(3)16-19)34(31,32)29(17-22-5-7-23(26)8-6-22)18-24(30)27-9-4-10-28-11-13-33-14-12-28/h5-8,15-16H,4,9-14,17-18H2,1-3H3,(H,27,30). The molecule has 9 heteroatoms. The first-order valence-corrected chi connectivity index (χ1v) is 13.4. The Morgan fingerprint density at radius 2 is 1.71 bits per heavy atom. The molecule has 1 amide bonds. The largest absolute Gasteiger partial charge is 0.379 e. The molecule has 0 radical (unpaired) electrons. The summed E-state index contributed by atoms with van der Waals surface area (Å²) in [5, 5.41) is 3.46. The minimum Gasteiger partial charge on any atom is -0.379 e. The van der Waals surface area contributed by atoms with Gasteiger partial charge < -0.3 is 10.1 Å². The van der Waals surface area contributed by atoms with Crippen LogP contribution >= 0.6 is 11.6 Å². The summed E-state index contributed by atoms with van der Waals surface area (Å²) in [6, 6.07) is 10.7. The van der Waals surface area contributed by atoms with Crippen LogP contribution in [0.3, 0.4) is 0 Å². The number of hydrogen-bond acceptors (Lipinski definition) is 5. The van der Waals surface area contributed by atoms with Crippen LogP contribution in [0.25, 0.3) is 0 Å². The number of sulfonamides is 1. The minimum absolute atomic E-state index is 0.0768. The molecule has 0 spiro atoms. The van der Waals surface area contributed by atoms with Crippen molar-refractivity contribution >= 4 is 27.5 Å². The van der Waals surface area contributed by atoms with Crippen LogP contribution in [0.15, 0.2) is 41.3 Å². The Hall–Kier alpha value is -1.97. The lowest BCUT2D eigenvalue weighted by molar-refractivity contribution is -0.121. The number of ether oxygens (including phenoxy) is 1. The fourth-order valence-electron chi connectivity index (χ4n) is 4.29. The molecule has 0 aromatic heterocycles. The summed E-state index contributed by atoms with van der Waals surface area (Å²) >= 11 is 6.00. The van der Waals surface area contributed by atoms with Gasteiger partial charge in [0.2, 0.25) is 15.9 Å². The zero-order chi connectivity index (χ0) is 24.7. The molecule has 1 heterocycles. The predicted molar refractivity (Wildman–Crippen MR) is 135 cm³/mol. The van der Waals surface area contributed by atoms with E-state index in [2.05, 4.69) is 10.2 Å². The first-order chi connectivity index (χ1) is 16.2. The first-order valence-electron chi connectivity index (χ1n) is 11.6. The van der Waals surface area contributed by atoms with E-state index in [0.717, 1.165) is 50.4 Å². The SMILES string of the molecule is Cc1cc(C)c(S(=O)(=O)N(CC(=O)NCCCN2CCOCC2)Cc2ccc(Cl)cc2)c(C)c1. The highest BCUT2D eigenvalue weighted by Crippen LogP contribution is 2.26. The molecule has 0 aliphatic carbocycles. The van der Waals surface area contributed by atoms with Gasteiger partial charge in [-0.25, -0.2) is 8.42 Å². The summed E-state index contributed by atoms with van der Waals surface area (Å²) in [6.07, 6.45) is 0.797. The number of hydrogen-bond donors (Lipinski definition) is 1. The number of aryl methyl sites for hydroxylation is 3. The number of benzene rings is 2. The number of amides is 1. The highest BCUT2D eigenvalue weighted by atomic mass is 35.5. The number of morpholine rings is 1. The number of nitrogens with one attached hydrogen (secondary N) is 1. The highest BCUT2D eigenvalue weighted by molar-refractivity contribution is 7.89. The Kier molecular flexibility index (Phi) is 9.50. The van der Waals surface area contributed by atoms with Gasteiger partial charge in [0.25, 0.3) is 0 Å². The van der Waals surface area contributed by atoms with Crippen LogP contribution in [0.2, 0.25) is 5.02 Å². The zero-order valence-corrected chi connectivity index (χ0v) is 21.7. The van der Waals surface area contributed by atoms with Crippen molar-refractivity contribution in [2.75, 3.05) is 45.9 Å². The summed E-state index contributed by atoms with van der Waals surface area (Å²) in [4.78, 5) is 15.3. The molecule has 2 aromatic carbocycles. The Bertz CT molecular complexity index is 1060. The molecule has 7 nitrogen and oxygen atoms in total. The van der Waals surface area contributed by atoms with Gasteiger partial charge in [0.15, 0.2) is 0 Å². The number of nitrogens with zero attached hydrogens (tertiary/aromatic N) is 2. The molecule has 3 rings (SSSR count). The van der Waals surface area contributed by atoms with Crippen LogP contribution in [0.4, 0.5) is 0 Å². The lowest BCUT2D eigenvalue weighted by atomic mass is 10.1. The molecule has 1 saturated heterocycles. The van der Waals surface area contributed by atoms with Gasteiger partial charge in [-0.2, -0.15) is 4.31 Å². The first kappa shape index (κ1) is 26.6. The Balaban J connectivity index is 1.72. The van der Waals surface area contributed by atoms with E-state index < -0.39 is 10.0 Å². The molecule has 0 bridgehead atoms. The third-order valence-electron chi connectivity index (χ3n) is 5.87. The Morgan fingerprint density at radius 1 is 1.09 bits per heavy atom. The lowest BCUT2D eigenvalue weighted by Crippen LogP contribution is -2.42. The van der Waals surface area contributed by atoms with Gasteiger partial charge in [0, 0.05) is 31.2 Å². The quantitative estimate of drug-likeness (QED) is 0.499. The third kappa shape index (κ3) is 7.26. The molecule has 1 aliphatic heterocycles.